The molecule has 1 aliphatic heterocycles. The molecule has 0 aromatic rings. The van der Waals surface area contributed by atoms with Crippen LogP contribution in [0.4, 0.5) is 4.39 Å². The minimum atomic E-state index is -2.29. The van der Waals surface area contributed by atoms with Crippen molar-refractivity contribution >= 4 is 11.6 Å². The average Bonchev–Trinajstić information content (AvgIpc) is 3.08. The molecule has 0 spiro atoms. The van der Waals surface area contributed by atoms with Gasteiger partial charge in [0.15, 0.2) is 17.2 Å². The SMILES string of the molecule is C[C@@H]1C[C@H]2[C@@H]3CCC4=CC(=O)C(O[C@@H]5O[C@H](C)[C@H](O)[C@H](O)[C@H]5O)=C[C@]4(C)[C@@]3(F)[C@@H](O)C[C@]2(C)[C@@]1(O)C(=O)CO. The topological polar surface area (TPSA) is 174 Å². The van der Waals surface area contributed by atoms with Crippen molar-refractivity contribution in [2.75, 3.05) is 6.61 Å². The van der Waals surface area contributed by atoms with E-state index in [2.05, 4.69) is 0 Å². The monoisotopic (exact) mass is 554 g/mol. The number of hydrogen-bond acceptors (Lipinski definition) is 10. The Kier molecular flexibility index (Phi) is 6.74. The molecule has 1 saturated heterocycles. The van der Waals surface area contributed by atoms with Crippen LogP contribution in [0, 0.1) is 28.6 Å². The van der Waals surface area contributed by atoms with Crippen LogP contribution in [0.15, 0.2) is 23.5 Å². The van der Waals surface area contributed by atoms with Gasteiger partial charge < -0.3 is 40.1 Å². The van der Waals surface area contributed by atoms with E-state index in [1.807, 2.05) is 0 Å². The number of hydrogen-bond donors (Lipinski definition) is 6. The van der Waals surface area contributed by atoms with E-state index in [4.69, 9.17) is 9.47 Å². The molecule has 0 amide bonds. The zero-order valence-corrected chi connectivity index (χ0v) is 22.6. The standard InChI is InChI=1S/C28H39FO10/c1-12-7-16-15-6-5-14-8-17(31)18(39-24-23(36)22(35)21(34)13(2)38-24)9-25(14,3)27(15,29)19(32)10-26(16,4)28(12,37)20(33)11-30/h8-9,12-13,15-16,19,21-24,30,32,34-37H,5-7,10-11H2,1-4H3/t12-,13-,15+,16+,19+,21+,22+,23-,24+,25+,26+,27+,28+/m1/s1. The Labute approximate surface area is 226 Å². The molecule has 4 fully saturated rings. The van der Waals surface area contributed by atoms with E-state index >= 15 is 4.39 Å². The van der Waals surface area contributed by atoms with Gasteiger partial charge in [0.25, 0.3) is 0 Å². The summed E-state index contributed by atoms with van der Waals surface area (Å²) in [6, 6.07) is 0. The number of allylic oxidation sites excluding steroid dienone is 3. The first-order chi connectivity index (χ1) is 18.1. The first kappa shape index (κ1) is 28.8. The van der Waals surface area contributed by atoms with E-state index in [1.54, 1.807) is 20.8 Å². The van der Waals surface area contributed by atoms with Crippen LogP contribution in [0.5, 0.6) is 0 Å². The van der Waals surface area contributed by atoms with Gasteiger partial charge in [-0.2, -0.15) is 0 Å². The van der Waals surface area contributed by atoms with Crippen molar-refractivity contribution in [3.63, 3.8) is 0 Å². The second kappa shape index (κ2) is 9.14. The van der Waals surface area contributed by atoms with Gasteiger partial charge in [-0.3, -0.25) is 9.59 Å². The van der Waals surface area contributed by atoms with Crippen molar-refractivity contribution in [1.82, 2.24) is 0 Å². The lowest BCUT2D eigenvalue weighted by Gasteiger charge is -2.62. The molecule has 5 rings (SSSR count). The fraction of sp³-hybridized carbons (Fsp3) is 0.786. The van der Waals surface area contributed by atoms with E-state index < -0.39 is 94.8 Å². The highest BCUT2D eigenvalue weighted by molar-refractivity contribution is 6.04. The molecule has 218 valence electrons. The summed E-state index contributed by atoms with van der Waals surface area (Å²) in [6.45, 7) is 5.57. The third-order valence-electron chi connectivity index (χ3n) is 10.9. The molecule has 13 atom stereocenters. The van der Waals surface area contributed by atoms with Gasteiger partial charge in [-0.05, 0) is 63.5 Å². The highest BCUT2D eigenvalue weighted by Gasteiger charge is 2.75. The lowest BCUT2D eigenvalue weighted by atomic mass is 9.44. The Balaban J connectivity index is 1.53. The zero-order valence-electron chi connectivity index (χ0n) is 22.6. The van der Waals surface area contributed by atoms with Crippen LogP contribution < -0.4 is 0 Å². The molecule has 1 heterocycles. The second-order valence-corrected chi connectivity index (χ2v) is 12.7. The smallest absolute Gasteiger partial charge is 0.229 e. The number of carbonyl (C=O) groups is 2. The third kappa shape index (κ3) is 3.57. The lowest BCUT2D eigenvalue weighted by Crippen LogP contribution is -2.69. The first-order valence-electron chi connectivity index (χ1n) is 13.7. The van der Waals surface area contributed by atoms with Gasteiger partial charge in [-0.15, -0.1) is 0 Å². The molecule has 0 radical (unpaired) electrons. The van der Waals surface area contributed by atoms with Gasteiger partial charge in [-0.1, -0.05) is 19.4 Å². The summed E-state index contributed by atoms with van der Waals surface area (Å²) >= 11 is 0. The maximum Gasteiger partial charge on any atom is 0.229 e. The summed E-state index contributed by atoms with van der Waals surface area (Å²) in [5.41, 5.74) is -6.42. The van der Waals surface area contributed by atoms with Gasteiger partial charge >= 0.3 is 0 Å². The van der Waals surface area contributed by atoms with Crippen molar-refractivity contribution in [1.29, 1.82) is 0 Å². The summed E-state index contributed by atoms with van der Waals surface area (Å²) in [5.74, 6) is -3.48. The molecule has 0 unspecified atom stereocenters. The Morgan fingerprint density at radius 3 is 2.44 bits per heavy atom. The molecule has 11 heteroatoms. The third-order valence-corrected chi connectivity index (χ3v) is 10.9. The summed E-state index contributed by atoms with van der Waals surface area (Å²) in [6.07, 6.45) is -5.37. The Morgan fingerprint density at radius 1 is 1.13 bits per heavy atom. The molecule has 0 aromatic heterocycles. The van der Waals surface area contributed by atoms with Crippen LogP contribution in [0.2, 0.25) is 0 Å². The molecule has 5 aliphatic rings. The molecule has 3 saturated carbocycles. The predicted octanol–water partition coefficient (Wildman–Crippen LogP) is 0.0675. The Morgan fingerprint density at radius 2 is 1.79 bits per heavy atom. The average molecular weight is 555 g/mol. The summed E-state index contributed by atoms with van der Waals surface area (Å²) in [5, 5.41) is 63.2. The van der Waals surface area contributed by atoms with Crippen molar-refractivity contribution in [2.24, 2.45) is 28.6 Å². The molecular formula is C28H39FO10. The molecule has 10 nitrogen and oxygen atoms in total. The van der Waals surface area contributed by atoms with Crippen LogP contribution in [-0.4, -0.2) is 96.9 Å². The van der Waals surface area contributed by atoms with Gasteiger partial charge in [0.1, 0.15) is 30.5 Å². The van der Waals surface area contributed by atoms with Crippen molar-refractivity contribution < 1.29 is 54.1 Å². The van der Waals surface area contributed by atoms with E-state index in [0.717, 1.165) is 0 Å². The molecule has 0 bridgehead atoms. The van der Waals surface area contributed by atoms with Gasteiger partial charge in [0.2, 0.25) is 12.1 Å². The number of halogens is 1. The van der Waals surface area contributed by atoms with Crippen LogP contribution in [0.1, 0.15) is 53.4 Å². The minimum Gasteiger partial charge on any atom is -0.458 e. The lowest BCUT2D eigenvalue weighted by molar-refractivity contribution is -0.282. The molecule has 0 aromatic carbocycles. The highest BCUT2D eigenvalue weighted by atomic mass is 19.1. The summed E-state index contributed by atoms with van der Waals surface area (Å²) in [7, 11) is 0. The fourth-order valence-corrected chi connectivity index (χ4v) is 8.65. The van der Waals surface area contributed by atoms with Crippen LogP contribution in [0.25, 0.3) is 0 Å². The number of fused-ring (bicyclic) bond motifs is 5. The highest BCUT2D eigenvalue weighted by Crippen LogP contribution is 2.70. The van der Waals surface area contributed by atoms with Crippen LogP contribution in [0.3, 0.4) is 0 Å². The van der Waals surface area contributed by atoms with E-state index in [-0.39, 0.29) is 18.6 Å². The number of Topliss-reactive ketones (excluding diaryl/α,β-unsaturated/α-hetero) is 1. The van der Waals surface area contributed by atoms with Crippen LogP contribution >= 0.6 is 0 Å². The quantitative estimate of drug-likeness (QED) is 0.279. The molecule has 4 aliphatic carbocycles. The summed E-state index contributed by atoms with van der Waals surface area (Å²) < 4.78 is 28.8. The van der Waals surface area contributed by atoms with E-state index in [9.17, 15) is 40.2 Å². The predicted molar refractivity (Wildman–Crippen MR) is 132 cm³/mol. The Hall–Kier alpha value is -1.73. The Bertz CT molecular complexity index is 1120. The number of carbonyl (C=O) groups excluding carboxylic acids is 2. The van der Waals surface area contributed by atoms with Crippen molar-refractivity contribution in [2.45, 2.75) is 101 Å². The number of rotatable bonds is 4. The van der Waals surface area contributed by atoms with Gasteiger partial charge in [0.05, 0.1) is 12.2 Å². The normalized spacial score (nSPS) is 53.2. The minimum absolute atomic E-state index is 0.232. The number of aliphatic hydroxyl groups excluding tert-OH is 5. The van der Waals surface area contributed by atoms with E-state index in [1.165, 1.54) is 19.1 Å². The van der Waals surface area contributed by atoms with Crippen LogP contribution in [-0.2, 0) is 19.1 Å². The first-order valence-corrected chi connectivity index (χ1v) is 13.7. The summed E-state index contributed by atoms with van der Waals surface area (Å²) in [4.78, 5) is 25.8. The van der Waals surface area contributed by atoms with E-state index in [0.29, 0.717) is 18.4 Å². The van der Waals surface area contributed by atoms with Gasteiger partial charge in [0, 0.05) is 16.7 Å². The molecule has 39 heavy (non-hydrogen) atoms. The maximum atomic E-state index is 17.7. The number of ether oxygens (including phenoxy) is 2. The number of alkyl halides is 1. The molecular weight excluding hydrogens is 515 g/mol. The second-order valence-electron chi connectivity index (χ2n) is 12.7. The van der Waals surface area contributed by atoms with Gasteiger partial charge in [-0.25, -0.2) is 4.39 Å². The largest absolute Gasteiger partial charge is 0.458 e. The zero-order chi connectivity index (χ0) is 28.9. The maximum absolute atomic E-state index is 17.7. The molecule has 6 N–H and O–H groups in total. The number of aliphatic hydroxyl groups is 6. The number of ketones is 2. The van der Waals surface area contributed by atoms with Crippen molar-refractivity contribution in [3.05, 3.63) is 23.5 Å². The fourth-order valence-electron chi connectivity index (χ4n) is 8.65. The van der Waals surface area contributed by atoms with Crippen molar-refractivity contribution in [3.8, 4) is 0 Å².